The van der Waals surface area contributed by atoms with Crippen molar-refractivity contribution < 1.29 is 4.79 Å². The first-order chi connectivity index (χ1) is 13.1. The number of likely N-dealkylation sites (N-methyl/N-ethyl adjacent to an activating group) is 1. The standard InChI is InChI=1S/C22H30N4O/c1-3-18-4-6-19(7-5-18)23-13-12-22(27)24-20-8-10-21(11-9-20)26-16-14-25(2)15-17-26/h4-11,23H,3,12-17H2,1-2H3,(H,24,27). The molecule has 2 aromatic carbocycles. The van der Waals surface area contributed by atoms with Gasteiger partial charge in [0.1, 0.15) is 0 Å². The lowest BCUT2D eigenvalue weighted by molar-refractivity contribution is -0.115. The molecule has 0 saturated carbocycles. The second kappa shape index (κ2) is 9.42. The van der Waals surface area contributed by atoms with Crippen LogP contribution in [0.15, 0.2) is 48.5 Å². The number of carbonyl (C=O) groups excluding carboxylic acids is 1. The summed E-state index contributed by atoms with van der Waals surface area (Å²) in [6.45, 7) is 7.04. The fraction of sp³-hybridized carbons (Fsp3) is 0.409. The highest BCUT2D eigenvalue weighted by molar-refractivity contribution is 5.91. The molecule has 5 heteroatoms. The lowest BCUT2D eigenvalue weighted by Gasteiger charge is -2.34. The molecule has 144 valence electrons. The zero-order chi connectivity index (χ0) is 19.1. The highest BCUT2D eigenvalue weighted by Gasteiger charge is 2.14. The highest BCUT2D eigenvalue weighted by atomic mass is 16.1. The zero-order valence-electron chi connectivity index (χ0n) is 16.4. The third kappa shape index (κ3) is 5.73. The van der Waals surface area contributed by atoms with Crippen LogP contribution in [0.2, 0.25) is 0 Å². The second-order valence-corrected chi connectivity index (χ2v) is 7.11. The van der Waals surface area contributed by atoms with Crippen LogP contribution >= 0.6 is 0 Å². The van der Waals surface area contributed by atoms with Crippen LogP contribution in [-0.2, 0) is 11.2 Å². The lowest BCUT2D eigenvalue weighted by atomic mass is 10.1. The number of anilines is 3. The molecule has 0 spiro atoms. The predicted octanol–water partition coefficient (Wildman–Crippen LogP) is 3.44. The molecule has 2 aromatic rings. The van der Waals surface area contributed by atoms with E-state index < -0.39 is 0 Å². The van der Waals surface area contributed by atoms with Crippen LogP contribution in [0.25, 0.3) is 0 Å². The van der Waals surface area contributed by atoms with Gasteiger partial charge in [-0.1, -0.05) is 19.1 Å². The third-order valence-corrected chi connectivity index (χ3v) is 5.06. The number of aryl methyl sites for hydroxylation is 1. The minimum atomic E-state index is 0.0278. The van der Waals surface area contributed by atoms with Crippen LogP contribution < -0.4 is 15.5 Å². The van der Waals surface area contributed by atoms with Gasteiger partial charge in [0.05, 0.1) is 0 Å². The van der Waals surface area contributed by atoms with Crippen LogP contribution in [-0.4, -0.2) is 50.6 Å². The maximum absolute atomic E-state index is 12.2. The summed E-state index contributed by atoms with van der Waals surface area (Å²) < 4.78 is 0. The number of hydrogen-bond donors (Lipinski definition) is 2. The molecule has 0 bridgehead atoms. The van der Waals surface area contributed by atoms with Gasteiger partial charge >= 0.3 is 0 Å². The van der Waals surface area contributed by atoms with Crippen LogP contribution in [0.3, 0.4) is 0 Å². The minimum Gasteiger partial charge on any atom is -0.385 e. The summed E-state index contributed by atoms with van der Waals surface area (Å²) >= 11 is 0. The fourth-order valence-electron chi connectivity index (χ4n) is 3.22. The average molecular weight is 367 g/mol. The molecule has 3 rings (SSSR count). The van der Waals surface area contributed by atoms with E-state index in [-0.39, 0.29) is 5.91 Å². The molecular weight excluding hydrogens is 336 g/mol. The summed E-state index contributed by atoms with van der Waals surface area (Å²) in [7, 11) is 2.16. The smallest absolute Gasteiger partial charge is 0.226 e. The van der Waals surface area contributed by atoms with Gasteiger partial charge in [-0.3, -0.25) is 4.79 Å². The first-order valence-corrected chi connectivity index (χ1v) is 9.80. The van der Waals surface area contributed by atoms with Gasteiger partial charge in [0, 0.05) is 56.2 Å². The van der Waals surface area contributed by atoms with Gasteiger partial charge in [-0.2, -0.15) is 0 Å². The second-order valence-electron chi connectivity index (χ2n) is 7.11. The van der Waals surface area contributed by atoms with E-state index in [4.69, 9.17) is 0 Å². The van der Waals surface area contributed by atoms with E-state index in [1.165, 1.54) is 11.3 Å². The molecule has 0 radical (unpaired) electrons. The molecule has 5 nitrogen and oxygen atoms in total. The molecule has 1 heterocycles. The molecule has 0 atom stereocenters. The van der Waals surface area contributed by atoms with Crippen LogP contribution in [0, 0.1) is 0 Å². The van der Waals surface area contributed by atoms with E-state index in [2.05, 4.69) is 70.8 Å². The van der Waals surface area contributed by atoms with Crippen molar-refractivity contribution in [1.29, 1.82) is 0 Å². The Labute approximate surface area is 162 Å². The molecule has 1 fully saturated rings. The lowest BCUT2D eigenvalue weighted by Crippen LogP contribution is -2.44. The van der Waals surface area contributed by atoms with Gasteiger partial charge in [0.2, 0.25) is 5.91 Å². The summed E-state index contributed by atoms with van der Waals surface area (Å²) in [4.78, 5) is 16.9. The molecule has 0 unspecified atom stereocenters. The Morgan fingerprint density at radius 2 is 1.56 bits per heavy atom. The molecule has 1 saturated heterocycles. The van der Waals surface area contributed by atoms with E-state index in [0.717, 1.165) is 44.0 Å². The number of benzene rings is 2. The molecule has 2 N–H and O–H groups in total. The quantitative estimate of drug-likeness (QED) is 0.788. The van der Waals surface area contributed by atoms with Gasteiger partial charge in [0.15, 0.2) is 0 Å². The van der Waals surface area contributed by atoms with Gasteiger partial charge in [0.25, 0.3) is 0 Å². The monoisotopic (exact) mass is 366 g/mol. The Bertz CT molecular complexity index is 719. The number of hydrogen-bond acceptors (Lipinski definition) is 4. The topological polar surface area (TPSA) is 47.6 Å². The first kappa shape index (κ1) is 19.2. The number of amides is 1. The Morgan fingerprint density at radius 1 is 0.926 bits per heavy atom. The Hall–Kier alpha value is -2.53. The number of nitrogens with zero attached hydrogens (tertiary/aromatic N) is 2. The Kier molecular flexibility index (Phi) is 6.71. The summed E-state index contributed by atoms with van der Waals surface area (Å²) in [6.07, 6.45) is 1.48. The van der Waals surface area contributed by atoms with Crippen molar-refractivity contribution >= 4 is 23.0 Å². The zero-order valence-corrected chi connectivity index (χ0v) is 16.4. The highest BCUT2D eigenvalue weighted by Crippen LogP contribution is 2.19. The van der Waals surface area contributed by atoms with Crippen molar-refractivity contribution in [3.63, 3.8) is 0 Å². The van der Waals surface area contributed by atoms with Gasteiger partial charge in [-0.25, -0.2) is 0 Å². The van der Waals surface area contributed by atoms with E-state index in [1.807, 2.05) is 12.1 Å². The largest absolute Gasteiger partial charge is 0.385 e. The number of piperazine rings is 1. The predicted molar refractivity (Wildman–Crippen MR) is 114 cm³/mol. The summed E-state index contributed by atoms with van der Waals surface area (Å²) in [5.74, 6) is 0.0278. The fourth-order valence-corrected chi connectivity index (χ4v) is 3.22. The van der Waals surface area contributed by atoms with E-state index in [1.54, 1.807) is 0 Å². The van der Waals surface area contributed by atoms with Crippen LogP contribution in [0.1, 0.15) is 18.9 Å². The van der Waals surface area contributed by atoms with Crippen molar-refractivity contribution in [3.05, 3.63) is 54.1 Å². The summed E-state index contributed by atoms with van der Waals surface area (Å²) in [6, 6.07) is 16.5. The molecule has 1 amide bonds. The summed E-state index contributed by atoms with van der Waals surface area (Å²) in [5, 5.41) is 6.27. The summed E-state index contributed by atoms with van der Waals surface area (Å²) in [5.41, 5.74) is 4.44. The molecule has 1 aliphatic rings. The van der Waals surface area contributed by atoms with E-state index >= 15 is 0 Å². The molecule has 1 aliphatic heterocycles. The molecule has 0 aliphatic carbocycles. The van der Waals surface area contributed by atoms with E-state index in [9.17, 15) is 4.79 Å². The Morgan fingerprint density at radius 3 is 2.19 bits per heavy atom. The maximum Gasteiger partial charge on any atom is 0.226 e. The number of nitrogens with one attached hydrogen (secondary N) is 2. The molecule has 27 heavy (non-hydrogen) atoms. The maximum atomic E-state index is 12.2. The van der Waals surface area contributed by atoms with Crippen molar-refractivity contribution in [3.8, 4) is 0 Å². The van der Waals surface area contributed by atoms with Gasteiger partial charge < -0.3 is 20.4 Å². The van der Waals surface area contributed by atoms with Gasteiger partial charge in [-0.15, -0.1) is 0 Å². The minimum absolute atomic E-state index is 0.0278. The van der Waals surface area contributed by atoms with Crippen molar-refractivity contribution in [2.45, 2.75) is 19.8 Å². The van der Waals surface area contributed by atoms with E-state index in [0.29, 0.717) is 13.0 Å². The SMILES string of the molecule is CCc1ccc(NCCC(=O)Nc2ccc(N3CCN(C)CC3)cc2)cc1. The Balaban J connectivity index is 1.42. The van der Waals surface area contributed by atoms with Crippen molar-refractivity contribution in [2.75, 3.05) is 55.3 Å². The van der Waals surface area contributed by atoms with Gasteiger partial charge in [-0.05, 0) is 55.4 Å². The van der Waals surface area contributed by atoms with Crippen molar-refractivity contribution in [1.82, 2.24) is 4.90 Å². The van der Waals surface area contributed by atoms with Crippen LogP contribution in [0.5, 0.6) is 0 Å². The van der Waals surface area contributed by atoms with Crippen LogP contribution in [0.4, 0.5) is 17.1 Å². The molecular formula is C22H30N4O. The molecule has 0 aromatic heterocycles. The third-order valence-electron chi connectivity index (χ3n) is 5.06. The normalized spacial score (nSPS) is 14.8. The number of rotatable bonds is 7. The van der Waals surface area contributed by atoms with Crippen molar-refractivity contribution in [2.24, 2.45) is 0 Å². The first-order valence-electron chi connectivity index (χ1n) is 9.80. The number of carbonyl (C=O) groups is 1. The average Bonchev–Trinajstić information content (AvgIpc) is 2.70.